The number of nitrogens with zero attached hydrogens (tertiary/aromatic N) is 1. The third-order valence-corrected chi connectivity index (χ3v) is 5.26. The number of aromatic nitrogens is 2. The molecule has 2 unspecified atom stereocenters. The lowest BCUT2D eigenvalue weighted by Crippen LogP contribution is -2.46. The van der Waals surface area contributed by atoms with Crippen molar-refractivity contribution in [2.24, 2.45) is 0 Å². The number of H-pyrrole nitrogens is 1. The van der Waals surface area contributed by atoms with E-state index >= 15 is 0 Å². The summed E-state index contributed by atoms with van der Waals surface area (Å²) < 4.78 is 39.5. The summed E-state index contributed by atoms with van der Waals surface area (Å²) in [6.45, 7) is 0.944. The number of nitrogens with one attached hydrogen (secondary N) is 2. The van der Waals surface area contributed by atoms with Crippen LogP contribution in [-0.4, -0.2) is 79.0 Å². The van der Waals surface area contributed by atoms with Gasteiger partial charge in [-0.1, -0.05) is 11.8 Å². The highest BCUT2D eigenvalue weighted by molar-refractivity contribution is 7.51. The number of aromatic amines is 1. The van der Waals surface area contributed by atoms with Crippen LogP contribution in [0, 0.1) is 11.8 Å². The van der Waals surface area contributed by atoms with E-state index in [-0.39, 0.29) is 25.3 Å². The average molecular weight is 459 g/mol. The van der Waals surface area contributed by atoms with Crippen molar-refractivity contribution in [1.82, 2.24) is 14.9 Å². The van der Waals surface area contributed by atoms with Gasteiger partial charge in [-0.15, -0.1) is 0 Å². The zero-order valence-corrected chi connectivity index (χ0v) is 17.8. The van der Waals surface area contributed by atoms with Crippen molar-refractivity contribution in [3.8, 4) is 11.8 Å². The first-order valence-corrected chi connectivity index (χ1v) is 11.1. The van der Waals surface area contributed by atoms with E-state index < -0.39 is 49.0 Å². The van der Waals surface area contributed by atoms with Gasteiger partial charge in [0.1, 0.15) is 23.4 Å². The first-order valence-electron chi connectivity index (χ1n) is 9.03. The van der Waals surface area contributed by atoms with Crippen molar-refractivity contribution in [1.29, 1.82) is 0 Å². The van der Waals surface area contributed by atoms with Gasteiger partial charge in [-0.3, -0.25) is 23.4 Å². The fraction of sp³-hybridized carbons (Fsp3) is 0.588. The molecule has 31 heavy (non-hydrogen) atoms. The Morgan fingerprint density at radius 3 is 2.87 bits per heavy atom. The molecule has 1 amide bonds. The first kappa shape index (κ1) is 23.2. The van der Waals surface area contributed by atoms with E-state index in [1.807, 2.05) is 0 Å². The number of methoxy groups -OCH3 is 2. The molecule has 13 nitrogen and oxygen atoms in total. The fourth-order valence-electron chi connectivity index (χ4n) is 3.42. The molecule has 0 spiro atoms. The van der Waals surface area contributed by atoms with Crippen LogP contribution < -0.4 is 16.6 Å². The largest absolute Gasteiger partial charge is 0.453 e. The zero-order valence-electron chi connectivity index (χ0n) is 16.9. The number of hydrogen-bond donors (Lipinski definition) is 3. The maximum Gasteiger partial charge on any atom is 0.407 e. The number of hydrogen-bond acceptors (Lipinski definition) is 9. The van der Waals surface area contributed by atoms with Gasteiger partial charge in [0.2, 0.25) is 0 Å². The molecule has 0 aliphatic carbocycles. The fourth-order valence-corrected chi connectivity index (χ4v) is 4.16. The Balaban J connectivity index is 1.91. The highest BCUT2D eigenvalue weighted by atomic mass is 31.2. The van der Waals surface area contributed by atoms with Crippen molar-refractivity contribution in [2.75, 3.05) is 40.6 Å². The van der Waals surface area contributed by atoms with Crippen molar-refractivity contribution < 1.29 is 37.7 Å². The van der Waals surface area contributed by atoms with Gasteiger partial charge in [-0.25, -0.2) is 9.59 Å². The molecule has 3 rings (SSSR count). The molecule has 0 saturated carbocycles. The predicted molar refractivity (Wildman–Crippen MR) is 104 cm³/mol. The molecule has 2 fully saturated rings. The highest BCUT2D eigenvalue weighted by Crippen LogP contribution is 2.52. The Morgan fingerprint density at radius 2 is 2.23 bits per heavy atom. The van der Waals surface area contributed by atoms with Crippen LogP contribution in [0.1, 0.15) is 11.8 Å². The third kappa shape index (κ3) is 4.90. The number of amides is 1. The monoisotopic (exact) mass is 459 g/mol. The third-order valence-electron chi connectivity index (χ3n) is 4.64. The van der Waals surface area contributed by atoms with Crippen LogP contribution >= 0.6 is 7.60 Å². The maximum atomic E-state index is 12.4. The molecule has 2 aliphatic rings. The van der Waals surface area contributed by atoms with Crippen LogP contribution in [0.25, 0.3) is 0 Å². The van der Waals surface area contributed by atoms with Gasteiger partial charge in [0.15, 0.2) is 6.23 Å². The molecule has 0 radical (unpaired) electrons. The van der Waals surface area contributed by atoms with Crippen LogP contribution in [0.3, 0.4) is 0 Å². The van der Waals surface area contributed by atoms with Crippen LogP contribution in [0.15, 0.2) is 15.8 Å². The molecule has 2 bridgehead atoms. The molecule has 2 saturated heterocycles. The lowest BCUT2D eigenvalue weighted by atomic mass is 10.0. The topological polar surface area (TPSA) is 167 Å². The minimum absolute atomic E-state index is 0.0192. The van der Waals surface area contributed by atoms with E-state index in [0.717, 1.165) is 11.2 Å². The zero-order chi connectivity index (χ0) is 22.8. The van der Waals surface area contributed by atoms with Crippen molar-refractivity contribution in [3.63, 3.8) is 0 Å². The lowest BCUT2D eigenvalue weighted by molar-refractivity contribution is -0.190. The van der Waals surface area contributed by atoms with Crippen molar-refractivity contribution >= 4 is 13.7 Å². The minimum Gasteiger partial charge on any atom is -0.453 e. The van der Waals surface area contributed by atoms with Gasteiger partial charge in [0.25, 0.3) is 5.56 Å². The molecular weight excluding hydrogens is 437 g/mol. The number of ether oxygens (including phenoxy) is 4. The van der Waals surface area contributed by atoms with Crippen molar-refractivity contribution in [2.45, 2.75) is 24.0 Å². The Kier molecular flexibility index (Phi) is 6.70. The Hall–Kier alpha value is -2.46. The summed E-state index contributed by atoms with van der Waals surface area (Å²) in [4.78, 5) is 47.4. The summed E-state index contributed by atoms with van der Waals surface area (Å²) in [7, 11) is -1.30. The summed E-state index contributed by atoms with van der Waals surface area (Å²) in [5, 5.41) is 2.33. The van der Waals surface area contributed by atoms with Crippen LogP contribution in [0.2, 0.25) is 0 Å². The van der Waals surface area contributed by atoms with Crippen LogP contribution in [0.4, 0.5) is 4.79 Å². The number of carbonyl (C=O) groups is 1. The normalized spacial score (nSPS) is 28.5. The summed E-state index contributed by atoms with van der Waals surface area (Å²) in [5.41, 5.74) is -2.81. The second-order valence-corrected chi connectivity index (χ2v) is 8.78. The molecular formula is C17H22N3O10P. The second kappa shape index (κ2) is 8.96. The summed E-state index contributed by atoms with van der Waals surface area (Å²) >= 11 is 0. The molecule has 3 heterocycles. The van der Waals surface area contributed by atoms with E-state index in [1.165, 1.54) is 20.4 Å². The molecule has 170 valence electrons. The Labute approximate surface area is 176 Å². The van der Waals surface area contributed by atoms with Gasteiger partial charge in [0.05, 0.1) is 26.9 Å². The average Bonchev–Trinajstić information content (AvgIpc) is 3.16. The van der Waals surface area contributed by atoms with Gasteiger partial charge in [0, 0.05) is 20.0 Å². The van der Waals surface area contributed by atoms with Crippen LogP contribution in [-0.2, 0) is 28.0 Å². The SMILES string of the molecule is COC[C@@]12CO[C@H](C1OP(C)(=O)O)[C@H](n1cc(C#CCNC(=O)OC)c(=O)[nH]c1=O)O2. The molecule has 1 aromatic rings. The number of rotatable bonds is 6. The highest BCUT2D eigenvalue weighted by Gasteiger charge is 2.64. The van der Waals surface area contributed by atoms with Crippen LogP contribution in [0.5, 0.6) is 0 Å². The van der Waals surface area contributed by atoms with Gasteiger partial charge in [-0.05, 0) is 0 Å². The summed E-state index contributed by atoms with van der Waals surface area (Å²) in [5.74, 6) is 5.11. The minimum atomic E-state index is -3.92. The van der Waals surface area contributed by atoms with Gasteiger partial charge in [-0.2, -0.15) is 0 Å². The summed E-state index contributed by atoms with van der Waals surface area (Å²) in [6, 6.07) is 0. The number of alkyl carbamates (subject to hydrolysis) is 1. The number of carbonyl (C=O) groups excluding carboxylic acids is 1. The van der Waals surface area contributed by atoms with E-state index in [4.69, 9.17) is 18.7 Å². The standard InChI is InChI=1S/C17H22N3O10P/c1-26-8-17-9-28-11(12(17)30-31(3,24)25)14(29-17)20-7-10(13(21)19-15(20)22)5-4-6-18-16(23)27-2/h7,11-12,14H,6,8-9H2,1-3H3,(H,18,23)(H,24,25)(H,19,21,22)/t11-,12?,14-,17-/m1/s1. The predicted octanol–water partition coefficient (Wildman–Crippen LogP) is -1.24. The molecule has 14 heteroatoms. The number of fused-ring (bicyclic) bond motifs is 2. The molecule has 2 aliphatic heterocycles. The smallest absolute Gasteiger partial charge is 0.407 e. The van der Waals surface area contributed by atoms with Crippen molar-refractivity contribution in [3.05, 3.63) is 32.6 Å². The summed E-state index contributed by atoms with van der Waals surface area (Å²) in [6.07, 6.45) is -2.48. The molecule has 1 aromatic heterocycles. The van der Waals surface area contributed by atoms with Gasteiger partial charge >= 0.3 is 19.4 Å². The van der Waals surface area contributed by atoms with E-state index in [1.54, 1.807) is 0 Å². The van der Waals surface area contributed by atoms with E-state index in [0.29, 0.717) is 0 Å². The maximum absolute atomic E-state index is 12.4. The molecule has 3 N–H and O–H groups in total. The Bertz CT molecular complexity index is 1070. The quantitative estimate of drug-likeness (QED) is 0.346. The molecule has 5 atom stereocenters. The van der Waals surface area contributed by atoms with E-state index in [2.05, 4.69) is 26.9 Å². The second-order valence-electron chi connectivity index (χ2n) is 6.97. The van der Waals surface area contributed by atoms with Gasteiger partial charge < -0.3 is 29.2 Å². The first-order chi connectivity index (χ1) is 14.6. The van der Waals surface area contributed by atoms with E-state index in [9.17, 15) is 23.8 Å². The molecule has 0 aromatic carbocycles. The lowest BCUT2D eigenvalue weighted by Gasteiger charge is -2.31. The Morgan fingerprint density at radius 1 is 1.48 bits per heavy atom.